The number of anilines is 1. The molecule has 0 saturated heterocycles. The second kappa shape index (κ2) is 9.82. The number of amides is 2. The van der Waals surface area contributed by atoms with Gasteiger partial charge in [0.05, 0.1) is 12.2 Å². The fourth-order valence-corrected chi connectivity index (χ4v) is 4.40. The summed E-state index contributed by atoms with van der Waals surface area (Å²) in [7, 11) is 0. The number of carbonyl (C=O) groups is 2. The molecule has 2 N–H and O–H groups in total. The molecule has 2 amide bonds. The summed E-state index contributed by atoms with van der Waals surface area (Å²) in [6, 6.07) is 15.6. The van der Waals surface area contributed by atoms with Crippen molar-refractivity contribution in [3.8, 4) is 11.1 Å². The number of halogens is 3. The van der Waals surface area contributed by atoms with Gasteiger partial charge in [0.25, 0.3) is 5.91 Å². The Balaban J connectivity index is 1.53. The number of alkyl carbamates (subject to hydrolysis) is 1. The molecule has 5 nitrogen and oxygen atoms in total. The number of hydrogen-bond acceptors (Lipinski definition) is 3. The normalized spacial score (nSPS) is 14.8. The molecule has 4 rings (SSSR count). The lowest BCUT2D eigenvalue weighted by atomic mass is 9.93. The first-order valence-corrected chi connectivity index (χ1v) is 11.3. The topological polar surface area (TPSA) is 67.4 Å². The highest BCUT2D eigenvalue weighted by molar-refractivity contribution is 6.09. The lowest BCUT2D eigenvalue weighted by Crippen LogP contribution is -2.35. The number of aryl methyl sites for hydroxylation is 1. The van der Waals surface area contributed by atoms with Crippen molar-refractivity contribution in [2.45, 2.75) is 38.9 Å². The van der Waals surface area contributed by atoms with Gasteiger partial charge < -0.3 is 15.4 Å². The van der Waals surface area contributed by atoms with Crippen molar-refractivity contribution in [1.29, 1.82) is 0 Å². The first kappa shape index (κ1) is 24.3. The molecule has 182 valence electrons. The summed E-state index contributed by atoms with van der Waals surface area (Å²) in [5, 5.41) is 5.74. The van der Waals surface area contributed by atoms with Gasteiger partial charge in [-0.15, -0.1) is 0 Å². The molecule has 0 fully saturated rings. The third-order valence-electron chi connectivity index (χ3n) is 6.01. The van der Waals surface area contributed by atoms with Gasteiger partial charge in [0.15, 0.2) is 0 Å². The van der Waals surface area contributed by atoms with Gasteiger partial charge in [-0.25, -0.2) is 4.79 Å². The number of hydrogen-bond donors (Lipinski definition) is 2. The summed E-state index contributed by atoms with van der Waals surface area (Å²) in [4.78, 5) is 24.9. The minimum absolute atomic E-state index is 0.0713. The summed E-state index contributed by atoms with van der Waals surface area (Å²) in [5.41, 5.74) is 4.23. The van der Waals surface area contributed by atoms with Crippen LogP contribution in [0.2, 0.25) is 0 Å². The van der Waals surface area contributed by atoms with Crippen molar-refractivity contribution in [1.82, 2.24) is 5.32 Å². The van der Waals surface area contributed by atoms with Gasteiger partial charge >= 0.3 is 12.3 Å². The average molecular weight is 483 g/mol. The Labute approximate surface area is 201 Å². The van der Waals surface area contributed by atoms with E-state index in [2.05, 4.69) is 10.6 Å². The van der Waals surface area contributed by atoms with Gasteiger partial charge in [0.1, 0.15) is 0 Å². The molecular weight excluding hydrogens is 457 g/mol. The number of alkyl halides is 3. The van der Waals surface area contributed by atoms with Gasteiger partial charge in [-0.3, -0.25) is 4.79 Å². The zero-order chi connectivity index (χ0) is 25.2. The van der Waals surface area contributed by atoms with Gasteiger partial charge in [0, 0.05) is 17.3 Å². The van der Waals surface area contributed by atoms with Gasteiger partial charge in [-0.05, 0) is 84.8 Å². The largest absolute Gasteiger partial charge is 0.450 e. The summed E-state index contributed by atoms with van der Waals surface area (Å²) >= 11 is 0. The highest BCUT2D eigenvalue weighted by atomic mass is 19.4. The SMILES string of the molecule is CCOC(=O)N[C@H]1Cc2ccc(NC(=O)c3cccc(C)c3-c3ccc(C(F)(F)F)cc3)cc2C1. The van der Waals surface area contributed by atoms with E-state index in [9.17, 15) is 22.8 Å². The van der Waals surface area contributed by atoms with Crippen LogP contribution >= 0.6 is 0 Å². The van der Waals surface area contributed by atoms with Gasteiger partial charge in [-0.2, -0.15) is 13.2 Å². The molecule has 0 spiro atoms. The Morgan fingerprint density at radius 1 is 1.00 bits per heavy atom. The van der Waals surface area contributed by atoms with Crippen LogP contribution in [0.25, 0.3) is 11.1 Å². The Morgan fingerprint density at radius 3 is 2.40 bits per heavy atom. The summed E-state index contributed by atoms with van der Waals surface area (Å²) in [5.74, 6) is -0.359. The number of ether oxygens (including phenoxy) is 1. The maximum absolute atomic E-state index is 13.2. The Bertz CT molecular complexity index is 1250. The molecule has 8 heteroatoms. The Kier molecular flexibility index (Phi) is 6.82. The minimum atomic E-state index is -4.43. The molecule has 1 aliphatic rings. The zero-order valence-electron chi connectivity index (χ0n) is 19.3. The number of nitrogens with one attached hydrogen (secondary N) is 2. The molecule has 1 atom stereocenters. The van der Waals surface area contributed by atoms with Crippen LogP contribution in [0, 0.1) is 6.92 Å². The van der Waals surface area contributed by atoms with Crippen molar-refractivity contribution < 1.29 is 27.5 Å². The van der Waals surface area contributed by atoms with Crippen LogP contribution in [0.15, 0.2) is 60.7 Å². The molecule has 0 saturated carbocycles. The van der Waals surface area contributed by atoms with Crippen LogP contribution in [-0.2, 0) is 23.8 Å². The van der Waals surface area contributed by atoms with Crippen LogP contribution in [0.5, 0.6) is 0 Å². The maximum Gasteiger partial charge on any atom is 0.416 e. The van der Waals surface area contributed by atoms with E-state index in [-0.39, 0.29) is 11.9 Å². The molecule has 0 aromatic heterocycles. The van der Waals surface area contributed by atoms with Crippen LogP contribution < -0.4 is 10.6 Å². The fraction of sp³-hybridized carbons (Fsp3) is 0.259. The highest BCUT2D eigenvalue weighted by Gasteiger charge is 2.30. The van der Waals surface area contributed by atoms with E-state index in [1.165, 1.54) is 12.1 Å². The molecule has 0 heterocycles. The molecule has 1 aliphatic carbocycles. The molecular formula is C27H25F3N2O3. The van der Waals surface area contributed by atoms with Crippen molar-refractivity contribution in [2.75, 3.05) is 11.9 Å². The third kappa shape index (κ3) is 5.48. The van der Waals surface area contributed by atoms with E-state index in [4.69, 9.17) is 4.74 Å². The van der Waals surface area contributed by atoms with Crippen LogP contribution in [0.3, 0.4) is 0 Å². The predicted molar refractivity (Wildman–Crippen MR) is 127 cm³/mol. The fourth-order valence-electron chi connectivity index (χ4n) is 4.40. The molecule has 0 unspecified atom stereocenters. The first-order valence-electron chi connectivity index (χ1n) is 11.3. The smallest absolute Gasteiger partial charge is 0.416 e. The van der Waals surface area contributed by atoms with Crippen molar-refractivity contribution in [3.63, 3.8) is 0 Å². The number of carbonyl (C=O) groups excluding carboxylic acids is 2. The van der Waals surface area contributed by atoms with E-state index >= 15 is 0 Å². The van der Waals surface area contributed by atoms with Gasteiger partial charge in [-0.1, -0.05) is 30.3 Å². The predicted octanol–water partition coefficient (Wildman–Crippen LogP) is 6.15. The molecule has 0 bridgehead atoms. The average Bonchev–Trinajstić information content (AvgIpc) is 3.20. The standard InChI is InChI=1S/C27H25F3N2O3/c1-3-35-26(34)32-22-13-18-9-12-21(14-19(18)15-22)31-25(33)23-6-4-5-16(2)24(23)17-7-10-20(11-8-17)27(28,29)30/h4-12,14,22H,3,13,15H2,1-2H3,(H,31,33)(H,32,34)/t22-/m0/s1. The lowest BCUT2D eigenvalue weighted by Gasteiger charge is -2.15. The van der Waals surface area contributed by atoms with Crippen LogP contribution in [0.4, 0.5) is 23.7 Å². The summed E-state index contributed by atoms with van der Waals surface area (Å²) in [6.07, 6.45) is -3.57. The van der Waals surface area contributed by atoms with E-state index in [1.807, 2.05) is 25.1 Å². The molecule has 3 aromatic carbocycles. The Morgan fingerprint density at radius 2 is 1.71 bits per heavy atom. The summed E-state index contributed by atoms with van der Waals surface area (Å²) < 4.78 is 43.9. The summed E-state index contributed by atoms with van der Waals surface area (Å²) in [6.45, 7) is 3.86. The van der Waals surface area contributed by atoms with Gasteiger partial charge in [0.2, 0.25) is 0 Å². The number of rotatable bonds is 5. The van der Waals surface area contributed by atoms with Crippen molar-refractivity contribution >= 4 is 17.7 Å². The van der Waals surface area contributed by atoms with Crippen LogP contribution in [-0.4, -0.2) is 24.6 Å². The number of fused-ring (bicyclic) bond motifs is 1. The first-order chi connectivity index (χ1) is 16.7. The van der Waals surface area contributed by atoms with E-state index < -0.39 is 17.8 Å². The molecule has 0 radical (unpaired) electrons. The van der Waals surface area contributed by atoms with Crippen molar-refractivity contribution in [3.05, 3.63) is 88.5 Å². The molecule has 3 aromatic rings. The quantitative estimate of drug-likeness (QED) is 0.459. The molecule has 0 aliphatic heterocycles. The van der Waals surface area contributed by atoms with Crippen molar-refractivity contribution in [2.24, 2.45) is 0 Å². The highest BCUT2D eigenvalue weighted by Crippen LogP contribution is 2.33. The second-order valence-corrected chi connectivity index (χ2v) is 8.48. The Hall–Kier alpha value is -3.81. The molecule has 35 heavy (non-hydrogen) atoms. The monoisotopic (exact) mass is 482 g/mol. The van der Waals surface area contributed by atoms with E-state index in [0.717, 1.165) is 28.8 Å². The van der Waals surface area contributed by atoms with E-state index in [1.54, 1.807) is 25.1 Å². The zero-order valence-corrected chi connectivity index (χ0v) is 19.3. The lowest BCUT2D eigenvalue weighted by molar-refractivity contribution is -0.137. The van der Waals surface area contributed by atoms with E-state index in [0.29, 0.717) is 41.8 Å². The van der Waals surface area contributed by atoms with Crippen LogP contribution in [0.1, 0.15) is 39.5 Å². The minimum Gasteiger partial charge on any atom is -0.450 e. The number of benzene rings is 3. The maximum atomic E-state index is 13.2. The third-order valence-corrected chi connectivity index (χ3v) is 6.01. The second-order valence-electron chi connectivity index (χ2n) is 8.48.